The van der Waals surface area contributed by atoms with Crippen molar-refractivity contribution in [2.45, 2.75) is 30.9 Å². The summed E-state index contributed by atoms with van der Waals surface area (Å²) in [5.41, 5.74) is 1.87. The highest BCUT2D eigenvalue weighted by Crippen LogP contribution is 2.25. The zero-order chi connectivity index (χ0) is 20.3. The number of aryl methyl sites for hydroxylation is 2. The first kappa shape index (κ1) is 20.0. The minimum Gasteiger partial charge on any atom is -0.381 e. The van der Waals surface area contributed by atoms with Gasteiger partial charge < -0.3 is 5.11 Å². The van der Waals surface area contributed by atoms with Crippen molar-refractivity contribution in [1.82, 2.24) is 9.29 Å². The summed E-state index contributed by atoms with van der Waals surface area (Å²) in [6.07, 6.45) is 1.42. The second kappa shape index (κ2) is 8.10. The largest absolute Gasteiger partial charge is 0.381 e. The molecule has 0 spiro atoms. The number of nitrogens with one attached hydrogen (secondary N) is 1. The lowest BCUT2D eigenvalue weighted by Gasteiger charge is -2.25. The number of benzene rings is 2. The molecule has 2 aromatic carbocycles. The molecule has 3 aromatic rings. The molecule has 2 atom stereocenters. The highest BCUT2D eigenvalue weighted by molar-refractivity contribution is 7.89. The van der Waals surface area contributed by atoms with E-state index in [-0.39, 0.29) is 4.90 Å². The Morgan fingerprint density at radius 1 is 0.929 bits per heavy atom. The van der Waals surface area contributed by atoms with E-state index >= 15 is 0 Å². The number of aliphatic hydroxyl groups excluding tert-OH is 1. The molecule has 0 saturated heterocycles. The van der Waals surface area contributed by atoms with Crippen molar-refractivity contribution in [3.8, 4) is 0 Å². The molecule has 146 valence electrons. The molecule has 0 aliphatic rings. The van der Waals surface area contributed by atoms with Crippen molar-refractivity contribution < 1.29 is 18.3 Å². The molecular formula is C21H22N2O4S. The van der Waals surface area contributed by atoms with Gasteiger partial charge in [0.05, 0.1) is 10.9 Å². The Bertz CT molecular complexity index is 1080. The molecule has 0 fully saturated rings. The average Bonchev–Trinajstić information content (AvgIpc) is 3.20. The van der Waals surface area contributed by atoms with E-state index in [0.717, 1.165) is 5.56 Å². The first-order valence-electron chi connectivity index (χ1n) is 8.80. The van der Waals surface area contributed by atoms with Crippen LogP contribution in [-0.2, 0) is 10.0 Å². The third-order valence-electron chi connectivity index (χ3n) is 4.62. The molecule has 0 saturated carbocycles. The molecule has 6 nitrogen and oxygen atoms in total. The first-order chi connectivity index (χ1) is 13.3. The van der Waals surface area contributed by atoms with Crippen LogP contribution in [0.2, 0.25) is 0 Å². The van der Waals surface area contributed by atoms with Crippen LogP contribution >= 0.6 is 0 Å². The van der Waals surface area contributed by atoms with Crippen LogP contribution in [0.3, 0.4) is 0 Å². The Balaban J connectivity index is 2.03. The van der Waals surface area contributed by atoms with E-state index in [9.17, 15) is 18.3 Å². The Kier molecular flexibility index (Phi) is 5.79. The zero-order valence-corrected chi connectivity index (χ0v) is 16.4. The van der Waals surface area contributed by atoms with Crippen LogP contribution in [0.15, 0.2) is 78.0 Å². The molecule has 7 heteroatoms. The summed E-state index contributed by atoms with van der Waals surface area (Å²) in [7, 11) is -3.97. The Morgan fingerprint density at radius 3 is 2.11 bits per heavy atom. The summed E-state index contributed by atoms with van der Waals surface area (Å²) < 4.78 is 29.8. The predicted molar refractivity (Wildman–Crippen MR) is 106 cm³/mol. The molecule has 0 aliphatic heterocycles. The fourth-order valence-electron chi connectivity index (χ4n) is 3.10. The quantitative estimate of drug-likeness (QED) is 0.668. The monoisotopic (exact) mass is 398 g/mol. The maximum Gasteiger partial charge on any atom is 0.261 e. The number of hydrogen-bond donors (Lipinski definition) is 2. The van der Waals surface area contributed by atoms with Gasteiger partial charge in [-0.2, -0.15) is 0 Å². The number of hydrogen-bond acceptors (Lipinski definition) is 4. The van der Waals surface area contributed by atoms with E-state index in [0.29, 0.717) is 11.1 Å². The summed E-state index contributed by atoms with van der Waals surface area (Å²) in [5, 5.41) is 10.8. The van der Waals surface area contributed by atoms with Crippen molar-refractivity contribution in [2.24, 2.45) is 0 Å². The van der Waals surface area contributed by atoms with Crippen LogP contribution in [0, 0.1) is 13.8 Å². The van der Waals surface area contributed by atoms with Gasteiger partial charge in [-0.15, -0.1) is 0 Å². The highest BCUT2D eigenvalue weighted by atomic mass is 32.2. The number of sulfonamides is 1. The average molecular weight is 398 g/mol. The van der Waals surface area contributed by atoms with E-state index in [1.165, 1.54) is 23.0 Å². The van der Waals surface area contributed by atoms with E-state index in [1.54, 1.807) is 62.4 Å². The molecule has 1 aromatic heterocycles. The van der Waals surface area contributed by atoms with Gasteiger partial charge in [-0.1, -0.05) is 42.5 Å². The van der Waals surface area contributed by atoms with Gasteiger partial charge in [-0.3, -0.25) is 9.36 Å². The van der Waals surface area contributed by atoms with Gasteiger partial charge in [0.25, 0.3) is 5.91 Å². The molecule has 0 bridgehead atoms. The van der Waals surface area contributed by atoms with Crippen LogP contribution in [0.25, 0.3) is 0 Å². The topological polar surface area (TPSA) is 88.4 Å². The van der Waals surface area contributed by atoms with E-state index < -0.39 is 28.1 Å². The summed E-state index contributed by atoms with van der Waals surface area (Å²) in [4.78, 5) is 12.8. The molecule has 0 aliphatic carbocycles. The standard InChI is InChI=1S/C21H22N2O4S/c1-15-9-3-5-11-17(15)19(20(24)21(25)23-13-7-8-14-23)22-28(26,27)18-12-6-4-10-16(18)2/h3-14,19-20,22,24H,1-2H3/t19-,20+/m0/s1. The molecule has 1 heterocycles. The molecule has 0 unspecified atom stereocenters. The Hall–Kier alpha value is -2.74. The SMILES string of the molecule is Cc1ccccc1[C@H](NS(=O)(=O)c1ccccc1C)[C@@H](O)C(=O)n1cccc1. The molecule has 28 heavy (non-hydrogen) atoms. The fraction of sp³-hybridized carbons (Fsp3) is 0.190. The lowest BCUT2D eigenvalue weighted by molar-refractivity contribution is 0.0585. The van der Waals surface area contributed by atoms with Crippen molar-refractivity contribution in [1.29, 1.82) is 0 Å². The highest BCUT2D eigenvalue weighted by Gasteiger charge is 2.33. The van der Waals surface area contributed by atoms with E-state index in [1.807, 2.05) is 6.07 Å². The second-order valence-electron chi connectivity index (χ2n) is 6.59. The van der Waals surface area contributed by atoms with Crippen molar-refractivity contribution in [3.63, 3.8) is 0 Å². The number of carbonyl (C=O) groups is 1. The Labute approximate surface area is 164 Å². The third-order valence-corrected chi connectivity index (χ3v) is 6.22. The van der Waals surface area contributed by atoms with Gasteiger partial charge in [0.1, 0.15) is 0 Å². The lowest BCUT2D eigenvalue weighted by Crippen LogP contribution is -2.42. The molecule has 0 radical (unpaired) electrons. The van der Waals surface area contributed by atoms with Gasteiger partial charge in [-0.05, 0) is 48.7 Å². The zero-order valence-electron chi connectivity index (χ0n) is 15.6. The van der Waals surface area contributed by atoms with Crippen LogP contribution in [-0.4, -0.2) is 30.1 Å². The fourth-order valence-corrected chi connectivity index (χ4v) is 4.57. The maximum atomic E-state index is 13.0. The molecule has 0 amide bonds. The van der Waals surface area contributed by atoms with Gasteiger partial charge in [0.2, 0.25) is 10.0 Å². The number of aromatic nitrogens is 1. The Morgan fingerprint density at radius 2 is 1.50 bits per heavy atom. The predicted octanol–water partition coefficient (Wildman–Crippen LogP) is 2.83. The number of nitrogens with zero attached hydrogens (tertiary/aromatic N) is 1. The van der Waals surface area contributed by atoms with Crippen molar-refractivity contribution >= 4 is 15.9 Å². The number of carbonyl (C=O) groups excluding carboxylic acids is 1. The van der Waals surface area contributed by atoms with Gasteiger partial charge in [-0.25, -0.2) is 13.1 Å². The van der Waals surface area contributed by atoms with Crippen molar-refractivity contribution in [2.75, 3.05) is 0 Å². The molecular weight excluding hydrogens is 376 g/mol. The smallest absolute Gasteiger partial charge is 0.261 e. The lowest BCUT2D eigenvalue weighted by atomic mass is 9.97. The van der Waals surface area contributed by atoms with Gasteiger partial charge >= 0.3 is 0 Å². The minimum atomic E-state index is -3.97. The van der Waals surface area contributed by atoms with E-state index in [2.05, 4.69) is 4.72 Å². The summed E-state index contributed by atoms with van der Waals surface area (Å²) >= 11 is 0. The van der Waals surface area contributed by atoms with Crippen LogP contribution in [0.4, 0.5) is 0 Å². The summed E-state index contributed by atoms with van der Waals surface area (Å²) in [6, 6.07) is 15.8. The first-order valence-corrected chi connectivity index (χ1v) is 10.3. The third kappa shape index (κ3) is 4.06. The van der Waals surface area contributed by atoms with Crippen LogP contribution in [0.1, 0.15) is 27.5 Å². The molecule has 3 rings (SSSR count). The van der Waals surface area contributed by atoms with Gasteiger partial charge in [0, 0.05) is 12.4 Å². The van der Waals surface area contributed by atoms with Crippen LogP contribution < -0.4 is 4.72 Å². The van der Waals surface area contributed by atoms with Crippen molar-refractivity contribution in [3.05, 3.63) is 89.7 Å². The summed E-state index contributed by atoms with van der Waals surface area (Å²) in [6.45, 7) is 3.50. The molecule has 2 N–H and O–H groups in total. The maximum absolute atomic E-state index is 13.0. The second-order valence-corrected chi connectivity index (χ2v) is 8.28. The van der Waals surface area contributed by atoms with E-state index in [4.69, 9.17) is 0 Å². The number of rotatable bonds is 6. The summed E-state index contributed by atoms with van der Waals surface area (Å²) in [5.74, 6) is -0.620. The van der Waals surface area contributed by atoms with Crippen LogP contribution in [0.5, 0.6) is 0 Å². The normalized spacial score (nSPS) is 13.8. The van der Waals surface area contributed by atoms with Gasteiger partial charge in [0.15, 0.2) is 6.10 Å². The number of aliphatic hydroxyl groups is 1. The minimum absolute atomic E-state index is 0.106.